The Morgan fingerprint density at radius 2 is 1.96 bits per heavy atom. The highest BCUT2D eigenvalue weighted by Gasteiger charge is 2.17. The third kappa shape index (κ3) is 2.81. The Kier molecular flexibility index (Phi) is 3.72. The number of nitrogen functional groups attached to an aromatic ring is 1. The monoisotopic (exact) mass is 353 g/mol. The van der Waals surface area contributed by atoms with Crippen LogP contribution in [0.1, 0.15) is 18.8 Å². The number of imidazole rings is 1. The molecule has 10 heteroatoms. The zero-order valence-electron chi connectivity index (χ0n) is 14.1. The second-order valence-corrected chi connectivity index (χ2v) is 5.88. The minimum atomic E-state index is -0.480. The molecule has 132 valence electrons. The molecule has 0 saturated heterocycles. The first kappa shape index (κ1) is 15.9. The molecule has 0 aliphatic rings. The van der Waals surface area contributed by atoms with E-state index in [1.807, 2.05) is 41.6 Å². The summed E-state index contributed by atoms with van der Waals surface area (Å²) in [6.07, 6.45) is 7.64. The molecule has 0 radical (unpaired) electrons. The Labute approximate surface area is 147 Å². The van der Waals surface area contributed by atoms with Crippen molar-refractivity contribution >= 4 is 28.6 Å². The number of fused-ring (bicyclic) bond motifs is 1. The van der Waals surface area contributed by atoms with E-state index in [-0.39, 0.29) is 12.0 Å². The minimum Gasteiger partial charge on any atom is -0.368 e. The van der Waals surface area contributed by atoms with Crippen LogP contribution in [0.2, 0.25) is 0 Å². The van der Waals surface area contributed by atoms with E-state index in [0.717, 1.165) is 17.8 Å². The van der Waals surface area contributed by atoms with Gasteiger partial charge in [-0.1, -0.05) is 0 Å². The standard InChI is InChI=1S/C16H16FN9/c1-9(13-19-5-10(17)6-20-13)26-4-3-11-14(23-16(18)24-15(11)26)22-12-7-25(2)8-21-12/h3-9H,1-2H3,(H3,18,22,23,24)/t9-/m1/s1. The van der Waals surface area contributed by atoms with Crippen molar-refractivity contribution in [2.45, 2.75) is 13.0 Å². The van der Waals surface area contributed by atoms with Gasteiger partial charge in [0.2, 0.25) is 5.95 Å². The van der Waals surface area contributed by atoms with Crippen LogP contribution in [0, 0.1) is 5.82 Å². The van der Waals surface area contributed by atoms with Gasteiger partial charge in [0.15, 0.2) is 11.6 Å². The summed E-state index contributed by atoms with van der Waals surface area (Å²) in [6.45, 7) is 1.90. The van der Waals surface area contributed by atoms with Crippen LogP contribution in [0.25, 0.3) is 11.0 Å². The lowest BCUT2D eigenvalue weighted by Gasteiger charge is -2.13. The fourth-order valence-electron chi connectivity index (χ4n) is 2.72. The molecule has 1 atom stereocenters. The molecule has 0 bridgehead atoms. The van der Waals surface area contributed by atoms with Crippen LogP contribution in [0.15, 0.2) is 37.2 Å². The molecular weight excluding hydrogens is 337 g/mol. The van der Waals surface area contributed by atoms with E-state index >= 15 is 0 Å². The van der Waals surface area contributed by atoms with Crippen LogP contribution >= 0.6 is 0 Å². The lowest BCUT2D eigenvalue weighted by Crippen LogP contribution is -2.11. The summed E-state index contributed by atoms with van der Waals surface area (Å²) in [5.74, 6) is 1.32. The molecule has 0 spiro atoms. The first-order valence-corrected chi connectivity index (χ1v) is 7.88. The number of nitrogens with two attached hydrogens (primary N) is 1. The van der Waals surface area contributed by atoms with Crippen LogP contribution in [0.3, 0.4) is 0 Å². The van der Waals surface area contributed by atoms with Gasteiger partial charge in [-0.15, -0.1) is 0 Å². The van der Waals surface area contributed by atoms with Crippen molar-refractivity contribution in [2.24, 2.45) is 7.05 Å². The van der Waals surface area contributed by atoms with E-state index in [2.05, 4.69) is 30.2 Å². The molecule has 0 amide bonds. The zero-order chi connectivity index (χ0) is 18.3. The van der Waals surface area contributed by atoms with E-state index in [0.29, 0.717) is 23.1 Å². The molecule has 4 aromatic heterocycles. The third-order valence-electron chi connectivity index (χ3n) is 3.97. The third-order valence-corrected chi connectivity index (χ3v) is 3.97. The van der Waals surface area contributed by atoms with Crippen molar-refractivity contribution in [3.8, 4) is 0 Å². The van der Waals surface area contributed by atoms with E-state index in [4.69, 9.17) is 5.73 Å². The van der Waals surface area contributed by atoms with Crippen LogP contribution < -0.4 is 11.1 Å². The van der Waals surface area contributed by atoms with Gasteiger partial charge in [-0.25, -0.2) is 19.3 Å². The summed E-state index contributed by atoms with van der Waals surface area (Å²) in [7, 11) is 1.88. The molecule has 9 nitrogen and oxygen atoms in total. The van der Waals surface area contributed by atoms with Crippen LogP contribution in [0.4, 0.5) is 22.0 Å². The fourth-order valence-corrected chi connectivity index (χ4v) is 2.72. The predicted octanol–water partition coefficient (Wildman–Crippen LogP) is 2.03. The number of halogens is 1. The summed E-state index contributed by atoms with van der Waals surface area (Å²) in [4.78, 5) is 20.9. The van der Waals surface area contributed by atoms with Gasteiger partial charge in [0.05, 0.1) is 30.1 Å². The van der Waals surface area contributed by atoms with Crippen molar-refractivity contribution in [2.75, 3.05) is 11.1 Å². The van der Waals surface area contributed by atoms with Crippen molar-refractivity contribution in [3.63, 3.8) is 0 Å². The number of aromatic nitrogens is 7. The maximum Gasteiger partial charge on any atom is 0.224 e. The smallest absolute Gasteiger partial charge is 0.224 e. The molecule has 3 N–H and O–H groups in total. The number of anilines is 3. The Morgan fingerprint density at radius 3 is 2.65 bits per heavy atom. The fraction of sp³-hybridized carbons (Fsp3) is 0.188. The van der Waals surface area contributed by atoms with Crippen molar-refractivity contribution in [3.05, 3.63) is 48.8 Å². The Bertz CT molecular complexity index is 1070. The molecule has 0 unspecified atom stereocenters. The van der Waals surface area contributed by atoms with Crippen LogP contribution in [-0.4, -0.2) is 34.1 Å². The summed E-state index contributed by atoms with van der Waals surface area (Å²) in [5, 5.41) is 3.93. The molecule has 0 aliphatic carbocycles. The topological polar surface area (TPSA) is 112 Å². The molecule has 4 rings (SSSR count). The summed E-state index contributed by atoms with van der Waals surface area (Å²) in [6, 6.07) is 1.62. The maximum atomic E-state index is 13.1. The molecule has 0 aliphatic heterocycles. The highest BCUT2D eigenvalue weighted by Crippen LogP contribution is 2.28. The molecule has 4 heterocycles. The van der Waals surface area contributed by atoms with E-state index < -0.39 is 5.82 Å². The average Bonchev–Trinajstić information content (AvgIpc) is 3.21. The van der Waals surface area contributed by atoms with Gasteiger partial charge in [0.25, 0.3) is 0 Å². The van der Waals surface area contributed by atoms with Crippen molar-refractivity contribution < 1.29 is 4.39 Å². The van der Waals surface area contributed by atoms with E-state index in [1.54, 1.807) is 6.33 Å². The first-order chi connectivity index (χ1) is 12.5. The number of aryl methyl sites for hydroxylation is 1. The Hall–Kier alpha value is -3.56. The lowest BCUT2D eigenvalue weighted by atomic mass is 10.3. The summed E-state index contributed by atoms with van der Waals surface area (Å²) >= 11 is 0. The highest BCUT2D eigenvalue weighted by atomic mass is 19.1. The zero-order valence-corrected chi connectivity index (χ0v) is 14.1. The average molecular weight is 353 g/mol. The molecule has 4 aromatic rings. The molecule has 26 heavy (non-hydrogen) atoms. The van der Waals surface area contributed by atoms with Gasteiger partial charge in [0, 0.05) is 19.4 Å². The Balaban J connectivity index is 1.76. The van der Waals surface area contributed by atoms with Gasteiger partial charge >= 0.3 is 0 Å². The number of rotatable bonds is 4. The molecular formula is C16H16FN9. The number of hydrogen-bond donors (Lipinski definition) is 2. The second kappa shape index (κ2) is 6.06. The summed E-state index contributed by atoms with van der Waals surface area (Å²) in [5.41, 5.74) is 6.51. The largest absolute Gasteiger partial charge is 0.368 e. The molecule has 0 aromatic carbocycles. The second-order valence-electron chi connectivity index (χ2n) is 5.88. The van der Waals surface area contributed by atoms with Crippen LogP contribution in [-0.2, 0) is 7.05 Å². The van der Waals surface area contributed by atoms with Crippen LogP contribution in [0.5, 0.6) is 0 Å². The number of hydrogen-bond acceptors (Lipinski definition) is 7. The van der Waals surface area contributed by atoms with Gasteiger partial charge in [-0.05, 0) is 13.0 Å². The van der Waals surface area contributed by atoms with Crippen molar-refractivity contribution in [1.82, 2.24) is 34.1 Å². The lowest BCUT2D eigenvalue weighted by molar-refractivity contribution is 0.578. The van der Waals surface area contributed by atoms with E-state index in [1.165, 1.54) is 0 Å². The van der Waals surface area contributed by atoms with Gasteiger partial charge in [-0.3, -0.25) is 0 Å². The van der Waals surface area contributed by atoms with E-state index in [9.17, 15) is 4.39 Å². The first-order valence-electron chi connectivity index (χ1n) is 7.88. The SMILES string of the molecule is C[C@H](c1ncc(F)cn1)n1ccc2c(Nc3cn(C)cn3)nc(N)nc21. The van der Waals surface area contributed by atoms with Gasteiger partial charge in [0.1, 0.15) is 17.3 Å². The van der Waals surface area contributed by atoms with Gasteiger partial charge < -0.3 is 20.2 Å². The summed E-state index contributed by atoms with van der Waals surface area (Å²) < 4.78 is 16.8. The quantitative estimate of drug-likeness (QED) is 0.577. The maximum absolute atomic E-state index is 13.1. The molecule has 0 saturated carbocycles. The minimum absolute atomic E-state index is 0.128. The Morgan fingerprint density at radius 1 is 1.19 bits per heavy atom. The van der Waals surface area contributed by atoms with Crippen molar-refractivity contribution in [1.29, 1.82) is 0 Å². The molecule has 0 fully saturated rings. The van der Waals surface area contributed by atoms with Gasteiger partial charge in [-0.2, -0.15) is 9.97 Å². The predicted molar refractivity (Wildman–Crippen MR) is 94.2 cm³/mol. The number of nitrogens with zero attached hydrogens (tertiary/aromatic N) is 7. The highest BCUT2D eigenvalue weighted by molar-refractivity contribution is 5.90. The number of nitrogens with one attached hydrogen (secondary N) is 1. The normalized spacial score (nSPS) is 12.4.